The molecule has 0 amide bonds. The van der Waals surface area contributed by atoms with Crippen LogP contribution in [0.3, 0.4) is 0 Å². The van der Waals surface area contributed by atoms with Crippen molar-refractivity contribution in [2.24, 2.45) is 0 Å². The third-order valence-electron chi connectivity index (χ3n) is 1.92. The van der Waals surface area contributed by atoms with Crippen LogP contribution in [0, 0.1) is 20.8 Å². The summed E-state index contributed by atoms with van der Waals surface area (Å²) in [7, 11) is 0. The van der Waals surface area contributed by atoms with Gasteiger partial charge in [0, 0.05) is 10.6 Å². The Bertz CT molecular complexity index is 429. The van der Waals surface area contributed by atoms with Gasteiger partial charge in [-0.3, -0.25) is 4.98 Å². The number of pyridine rings is 1. The zero-order valence-electron chi connectivity index (χ0n) is 7.51. The highest BCUT2D eigenvalue weighted by Gasteiger charge is 2.02. The molecule has 0 aliphatic rings. The van der Waals surface area contributed by atoms with Crippen molar-refractivity contribution in [3.05, 3.63) is 28.4 Å². The van der Waals surface area contributed by atoms with Gasteiger partial charge < -0.3 is 0 Å². The van der Waals surface area contributed by atoms with Crippen LogP contribution in [0.2, 0.25) is 0 Å². The smallest absolute Gasteiger partial charge is 0.0558 e. The summed E-state index contributed by atoms with van der Waals surface area (Å²) >= 11 is 1.82. The molecule has 0 N–H and O–H groups in total. The first kappa shape index (κ1) is 7.74. The lowest BCUT2D eigenvalue weighted by Gasteiger charge is -1.96. The Morgan fingerprint density at radius 1 is 1.17 bits per heavy atom. The summed E-state index contributed by atoms with van der Waals surface area (Å²) in [4.78, 5) is 5.79. The van der Waals surface area contributed by atoms with Crippen molar-refractivity contribution in [2.45, 2.75) is 20.8 Å². The predicted octanol–water partition coefficient (Wildman–Crippen LogP) is 3.22. The quantitative estimate of drug-likeness (QED) is 0.602. The zero-order valence-corrected chi connectivity index (χ0v) is 8.33. The second-order valence-corrected chi connectivity index (χ2v) is 4.38. The number of thiophene rings is 1. The van der Waals surface area contributed by atoms with Gasteiger partial charge in [0.25, 0.3) is 0 Å². The highest BCUT2D eigenvalue weighted by Crippen LogP contribution is 2.27. The fourth-order valence-corrected chi connectivity index (χ4v) is 2.43. The van der Waals surface area contributed by atoms with Crippen LogP contribution in [0.1, 0.15) is 16.3 Å². The third-order valence-corrected chi connectivity index (χ3v) is 3.10. The maximum absolute atomic E-state index is 4.43. The van der Waals surface area contributed by atoms with Crippen molar-refractivity contribution < 1.29 is 0 Å². The van der Waals surface area contributed by atoms with E-state index in [0.29, 0.717) is 0 Å². The second-order valence-electron chi connectivity index (χ2n) is 3.12. The summed E-state index contributed by atoms with van der Waals surface area (Å²) in [5.41, 5.74) is 2.26. The van der Waals surface area contributed by atoms with Gasteiger partial charge in [-0.25, -0.2) is 0 Å². The topological polar surface area (TPSA) is 12.9 Å². The van der Waals surface area contributed by atoms with Crippen LogP contribution in [-0.4, -0.2) is 4.98 Å². The molecule has 0 atom stereocenters. The molecule has 62 valence electrons. The Hall–Kier alpha value is -0.890. The van der Waals surface area contributed by atoms with Crippen LogP contribution in [0.25, 0.3) is 10.1 Å². The van der Waals surface area contributed by atoms with E-state index in [1.54, 1.807) is 0 Å². The van der Waals surface area contributed by atoms with Crippen LogP contribution in [0.5, 0.6) is 0 Å². The second kappa shape index (κ2) is 2.56. The fourth-order valence-electron chi connectivity index (χ4n) is 1.50. The van der Waals surface area contributed by atoms with Gasteiger partial charge in [0.2, 0.25) is 0 Å². The van der Waals surface area contributed by atoms with Crippen LogP contribution in [0.4, 0.5) is 0 Å². The van der Waals surface area contributed by atoms with Gasteiger partial charge in [-0.2, -0.15) is 0 Å². The molecular formula is C10H11NS. The highest BCUT2D eigenvalue weighted by atomic mass is 32.1. The lowest BCUT2D eigenvalue weighted by molar-refractivity contribution is 1.16. The molecule has 0 aliphatic heterocycles. The van der Waals surface area contributed by atoms with Crippen LogP contribution < -0.4 is 0 Å². The summed E-state index contributed by atoms with van der Waals surface area (Å²) in [6.07, 6.45) is 0. The first-order chi connectivity index (χ1) is 5.66. The SMILES string of the molecule is Cc1cc2cc(C)sc2c(C)n1. The summed E-state index contributed by atoms with van der Waals surface area (Å²) in [5.74, 6) is 0. The van der Waals surface area contributed by atoms with Crippen molar-refractivity contribution in [3.8, 4) is 0 Å². The van der Waals surface area contributed by atoms with Gasteiger partial charge >= 0.3 is 0 Å². The van der Waals surface area contributed by atoms with Crippen LogP contribution >= 0.6 is 11.3 Å². The van der Waals surface area contributed by atoms with Crippen LogP contribution in [0.15, 0.2) is 12.1 Å². The van der Waals surface area contributed by atoms with Gasteiger partial charge in [0.15, 0.2) is 0 Å². The predicted molar refractivity (Wildman–Crippen MR) is 53.8 cm³/mol. The minimum absolute atomic E-state index is 1.11. The van der Waals surface area contributed by atoms with E-state index in [1.807, 2.05) is 18.3 Å². The lowest BCUT2D eigenvalue weighted by Crippen LogP contribution is -1.83. The van der Waals surface area contributed by atoms with Crippen molar-refractivity contribution in [1.29, 1.82) is 0 Å². The Kier molecular flexibility index (Phi) is 1.65. The van der Waals surface area contributed by atoms with E-state index in [1.165, 1.54) is 15.0 Å². The summed E-state index contributed by atoms with van der Waals surface area (Å²) in [5, 5.41) is 1.34. The van der Waals surface area contributed by atoms with E-state index in [-0.39, 0.29) is 0 Å². The molecule has 1 nitrogen and oxygen atoms in total. The first-order valence-corrected chi connectivity index (χ1v) is 4.83. The molecule has 2 heteroatoms. The van der Waals surface area contributed by atoms with Crippen molar-refractivity contribution in [1.82, 2.24) is 4.98 Å². The molecule has 2 heterocycles. The highest BCUT2D eigenvalue weighted by molar-refractivity contribution is 7.19. The average molecular weight is 177 g/mol. The van der Waals surface area contributed by atoms with E-state index in [4.69, 9.17) is 0 Å². The third kappa shape index (κ3) is 1.12. The number of fused-ring (bicyclic) bond motifs is 1. The maximum atomic E-state index is 4.43. The molecule has 0 aliphatic carbocycles. The van der Waals surface area contributed by atoms with Crippen molar-refractivity contribution in [3.63, 3.8) is 0 Å². The molecule has 0 fully saturated rings. The first-order valence-electron chi connectivity index (χ1n) is 4.01. The molecule has 0 spiro atoms. The molecular weight excluding hydrogens is 166 g/mol. The van der Waals surface area contributed by atoms with E-state index in [0.717, 1.165) is 11.4 Å². The summed E-state index contributed by atoms with van der Waals surface area (Å²) < 4.78 is 1.33. The molecule has 0 saturated carbocycles. The molecule has 12 heavy (non-hydrogen) atoms. The standard InChI is InChI=1S/C10H11NS/c1-6-4-9-5-7(2)12-10(9)8(3)11-6/h4-5H,1-3H3. The van der Waals surface area contributed by atoms with E-state index in [2.05, 4.69) is 31.0 Å². The Morgan fingerprint density at radius 2 is 1.92 bits per heavy atom. The number of hydrogen-bond acceptors (Lipinski definition) is 2. The average Bonchev–Trinajstić information content (AvgIpc) is 2.29. The Morgan fingerprint density at radius 3 is 2.67 bits per heavy atom. The van der Waals surface area contributed by atoms with Crippen LogP contribution in [-0.2, 0) is 0 Å². The number of hydrogen-bond donors (Lipinski definition) is 0. The minimum Gasteiger partial charge on any atom is -0.257 e. The minimum atomic E-state index is 1.11. The summed E-state index contributed by atoms with van der Waals surface area (Å²) in [6.45, 7) is 6.25. The van der Waals surface area contributed by atoms with E-state index in [9.17, 15) is 0 Å². The summed E-state index contributed by atoms with van der Waals surface area (Å²) in [6, 6.07) is 4.37. The molecule has 0 radical (unpaired) electrons. The van der Waals surface area contributed by atoms with Crippen molar-refractivity contribution >= 4 is 21.4 Å². The lowest BCUT2D eigenvalue weighted by atomic mass is 10.2. The number of rotatable bonds is 0. The van der Waals surface area contributed by atoms with E-state index < -0.39 is 0 Å². The number of nitrogens with zero attached hydrogens (tertiary/aromatic N) is 1. The molecule has 0 bridgehead atoms. The largest absolute Gasteiger partial charge is 0.257 e. The van der Waals surface area contributed by atoms with Gasteiger partial charge in [0.1, 0.15) is 0 Å². The van der Waals surface area contributed by atoms with Crippen molar-refractivity contribution in [2.75, 3.05) is 0 Å². The zero-order chi connectivity index (χ0) is 8.72. The molecule has 0 unspecified atom stereocenters. The number of aromatic nitrogens is 1. The van der Waals surface area contributed by atoms with Gasteiger partial charge in [-0.15, -0.1) is 11.3 Å². The monoisotopic (exact) mass is 177 g/mol. The molecule has 2 rings (SSSR count). The Balaban J connectivity index is 2.88. The van der Waals surface area contributed by atoms with Gasteiger partial charge in [0.05, 0.1) is 10.4 Å². The maximum Gasteiger partial charge on any atom is 0.0558 e. The molecule has 0 aromatic carbocycles. The van der Waals surface area contributed by atoms with Gasteiger partial charge in [-0.05, 0) is 38.3 Å². The fraction of sp³-hybridized carbons (Fsp3) is 0.300. The van der Waals surface area contributed by atoms with E-state index >= 15 is 0 Å². The molecule has 0 saturated heterocycles. The number of aryl methyl sites for hydroxylation is 3. The molecule has 2 aromatic rings. The Labute approximate surface area is 76.1 Å². The normalized spacial score (nSPS) is 10.9. The van der Waals surface area contributed by atoms with Gasteiger partial charge in [-0.1, -0.05) is 0 Å². The molecule has 2 aromatic heterocycles.